The van der Waals surface area contributed by atoms with E-state index in [0.29, 0.717) is 10.0 Å². The molecule has 0 aliphatic rings. The molecular weight excluding hydrogens is 235 g/mol. The minimum atomic E-state index is 0.231. The smallest absolute Gasteiger partial charge is 0.143 e. The van der Waals surface area contributed by atoms with Crippen LogP contribution < -0.4 is 0 Å². The molecule has 0 saturated carbocycles. The lowest BCUT2D eigenvalue weighted by Crippen LogP contribution is -1.88. The van der Waals surface area contributed by atoms with Gasteiger partial charge in [0.15, 0.2) is 0 Å². The Balaban J connectivity index is 2.48. The number of hydrogen-bond donors (Lipinski definition) is 0. The predicted octanol–water partition coefficient (Wildman–Crippen LogP) is 3.41. The standard InChI is InChI=1S/C10H8Cl2N2O/c11-9-3-2-8(10(12)6-9)7-15-14-5-1-4-13/h2-3,5-6H,1,7H2. The molecule has 0 aromatic heterocycles. The van der Waals surface area contributed by atoms with Crippen LogP contribution in [0.15, 0.2) is 23.4 Å². The van der Waals surface area contributed by atoms with E-state index < -0.39 is 0 Å². The molecule has 0 unspecified atom stereocenters. The highest BCUT2D eigenvalue weighted by Crippen LogP contribution is 2.21. The number of oxime groups is 1. The Labute approximate surface area is 97.9 Å². The van der Waals surface area contributed by atoms with Crippen LogP contribution in [0.25, 0.3) is 0 Å². The number of hydrogen-bond acceptors (Lipinski definition) is 3. The zero-order valence-electron chi connectivity index (χ0n) is 7.78. The molecule has 78 valence electrons. The van der Waals surface area contributed by atoms with E-state index in [-0.39, 0.29) is 13.0 Å². The Bertz CT molecular complexity index is 399. The van der Waals surface area contributed by atoms with Gasteiger partial charge in [-0.3, -0.25) is 0 Å². The van der Waals surface area contributed by atoms with Crippen molar-refractivity contribution in [3.63, 3.8) is 0 Å². The van der Waals surface area contributed by atoms with Crippen molar-refractivity contribution in [3.05, 3.63) is 33.8 Å². The average Bonchev–Trinajstić information content (AvgIpc) is 2.20. The summed E-state index contributed by atoms with van der Waals surface area (Å²) >= 11 is 11.6. The molecule has 0 spiro atoms. The SMILES string of the molecule is N#CCC=NOCc1ccc(Cl)cc1Cl. The maximum atomic E-state index is 8.22. The molecule has 0 aliphatic heterocycles. The molecule has 0 bridgehead atoms. The van der Waals surface area contributed by atoms with Gasteiger partial charge in [-0.15, -0.1) is 0 Å². The molecule has 15 heavy (non-hydrogen) atoms. The zero-order chi connectivity index (χ0) is 11.1. The normalized spacial score (nSPS) is 10.2. The maximum absolute atomic E-state index is 8.22. The van der Waals surface area contributed by atoms with Gasteiger partial charge in [0, 0.05) is 15.6 Å². The third-order valence-electron chi connectivity index (χ3n) is 1.57. The summed E-state index contributed by atoms with van der Waals surface area (Å²) in [5, 5.41) is 12.9. The van der Waals surface area contributed by atoms with Gasteiger partial charge in [-0.1, -0.05) is 34.4 Å². The predicted molar refractivity (Wildman–Crippen MR) is 60.0 cm³/mol. The molecule has 3 nitrogen and oxygen atoms in total. The molecule has 0 saturated heterocycles. The number of rotatable bonds is 4. The van der Waals surface area contributed by atoms with E-state index in [2.05, 4.69) is 5.16 Å². The largest absolute Gasteiger partial charge is 0.391 e. The first kappa shape index (κ1) is 11.8. The van der Waals surface area contributed by atoms with Gasteiger partial charge in [-0.25, -0.2) is 0 Å². The summed E-state index contributed by atoms with van der Waals surface area (Å²) in [4.78, 5) is 4.93. The van der Waals surface area contributed by atoms with Crippen molar-refractivity contribution in [3.8, 4) is 6.07 Å². The van der Waals surface area contributed by atoms with Crippen molar-refractivity contribution in [2.75, 3.05) is 0 Å². The summed E-state index contributed by atoms with van der Waals surface area (Å²) in [6.45, 7) is 0.262. The van der Waals surface area contributed by atoms with Gasteiger partial charge >= 0.3 is 0 Å². The highest BCUT2D eigenvalue weighted by Gasteiger charge is 2.00. The van der Waals surface area contributed by atoms with Crippen LogP contribution in [0.4, 0.5) is 0 Å². The first-order valence-corrected chi connectivity index (χ1v) is 4.94. The second-order valence-corrected chi connectivity index (χ2v) is 3.50. The van der Waals surface area contributed by atoms with E-state index in [1.54, 1.807) is 18.2 Å². The fraction of sp³-hybridized carbons (Fsp3) is 0.200. The maximum Gasteiger partial charge on any atom is 0.143 e. The summed E-state index contributed by atoms with van der Waals surface area (Å²) < 4.78 is 0. The lowest BCUT2D eigenvalue weighted by Gasteiger charge is -2.02. The summed E-state index contributed by atoms with van der Waals surface area (Å²) in [5.74, 6) is 0. The van der Waals surface area contributed by atoms with Crippen molar-refractivity contribution >= 4 is 29.4 Å². The van der Waals surface area contributed by atoms with Crippen LogP contribution >= 0.6 is 23.2 Å². The lowest BCUT2D eigenvalue weighted by atomic mass is 10.2. The zero-order valence-corrected chi connectivity index (χ0v) is 9.29. The molecule has 1 aromatic rings. The molecule has 0 heterocycles. The molecule has 0 N–H and O–H groups in total. The highest BCUT2D eigenvalue weighted by molar-refractivity contribution is 6.35. The second-order valence-electron chi connectivity index (χ2n) is 2.66. The first-order chi connectivity index (χ1) is 7.24. The first-order valence-electron chi connectivity index (χ1n) is 4.18. The Kier molecular flexibility index (Phi) is 4.96. The second kappa shape index (κ2) is 6.28. The van der Waals surface area contributed by atoms with Crippen molar-refractivity contribution in [2.24, 2.45) is 5.16 Å². The van der Waals surface area contributed by atoms with Crippen LogP contribution in [0, 0.1) is 11.3 Å². The average molecular weight is 243 g/mol. The Morgan fingerprint density at radius 2 is 2.27 bits per heavy atom. The monoisotopic (exact) mass is 242 g/mol. The molecule has 1 aromatic carbocycles. The van der Waals surface area contributed by atoms with Crippen LogP contribution in [0.3, 0.4) is 0 Å². The van der Waals surface area contributed by atoms with Crippen LogP contribution in [0.2, 0.25) is 10.0 Å². The van der Waals surface area contributed by atoms with Gasteiger partial charge in [-0.2, -0.15) is 5.26 Å². The number of nitrogens with zero attached hydrogens (tertiary/aromatic N) is 2. The summed E-state index contributed by atoms with van der Waals surface area (Å²) in [5.41, 5.74) is 0.801. The molecule has 0 fully saturated rings. The summed E-state index contributed by atoms with van der Waals surface area (Å²) in [6, 6.07) is 7.05. The Morgan fingerprint density at radius 3 is 2.93 bits per heavy atom. The fourth-order valence-corrected chi connectivity index (χ4v) is 1.34. The van der Waals surface area contributed by atoms with E-state index in [9.17, 15) is 0 Å². The Morgan fingerprint density at radius 1 is 1.47 bits per heavy atom. The van der Waals surface area contributed by atoms with Gasteiger partial charge in [-0.05, 0) is 12.1 Å². The van der Waals surface area contributed by atoms with E-state index in [0.717, 1.165) is 5.56 Å². The van der Waals surface area contributed by atoms with Gasteiger partial charge in [0.25, 0.3) is 0 Å². The van der Waals surface area contributed by atoms with E-state index in [4.69, 9.17) is 33.3 Å². The molecule has 5 heteroatoms. The van der Waals surface area contributed by atoms with E-state index in [1.807, 2.05) is 6.07 Å². The van der Waals surface area contributed by atoms with Gasteiger partial charge < -0.3 is 4.84 Å². The van der Waals surface area contributed by atoms with Crippen molar-refractivity contribution < 1.29 is 4.84 Å². The molecule has 0 amide bonds. The molecule has 0 radical (unpaired) electrons. The van der Waals surface area contributed by atoms with Gasteiger partial charge in [0.1, 0.15) is 6.61 Å². The van der Waals surface area contributed by atoms with Crippen LogP contribution in [-0.4, -0.2) is 6.21 Å². The van der Waals surface area contributed by atoms with Crippen LogP contribution in [0.1, 0.15) is 12.0 Å². The number of nitriles is 1. The fourth-order valence-electron chi connectivity index (χ4n) is 0.876. The minimum Gasteiger partial charge on any atom is -0.391 e. The minimum absolute atomic E-state index is 0.231. The molecule has 1 rings (SSSR count). The van der Waals surface area contributed by atoms with Crippen molar-refractivity contribution in [2.45, 2.75) is 13.0 Å². The number of halogens is 2. The van der Waals surface area contributed by atoms with E-state index in [1.165, 1.54) is 6.21 Å². The molecule has 0 aliphatic carbocycles. The van der Waals surface area contributed by atoms with Gasteiger partial charge in [0.05, 0.1) is 18.7 Å². The van der Waals surface area contributed by atoms with Crippen LogP contribution in [-0.2, 0) is 11.4 Å². The van der Waals surface area contributed by atoms with Gasteiger partial charge in [0.2, 0.25) is 0 Å². The third-order valence-corrected chi connectivity index (χ3v) is 2.15. The quantitative estimate of drug-likeness (QED) is 0.600. The Hall–Kier alpha value is -1.24. The van der Waals surface area contributed by atoms with E-state index >= 15 is 0 Å². The lowest BCUT2D eigenvalue weighted by molar-refractivity contribution is 0.131. The third kappa shape index (κ3) is 4.20. The molecule has 0 atom stereocenters. The topological polar surface area (TPSA) is 45.4 Å². The van der Waals surface area contributed by atoms with Crippen molar-refractivity contribution in [1.82, 2.24) is 0 Å². The molecular formula is C10H8Cl2N2O. The van der Waals surface area contributed by atoms with Crippen molar-refractivity contribution in [1.29, 1.82) is 5.26 Å². The van der Waals surface area contributed by atoms with Crippen LogP contribution in [0.5, 0.6) is 0 Å². The summed E-state index contributed by atoms with van der Waals surface area (Å²) in [7, 11) is 0. The summed E-state index contributed by atoms with van der Waals surface area (Å²) in [6.07, 6.45) is 1.62. The number of benzene rings is 1. The highest BCUT2D eigenvalue weighted by atomic mass is 35.5.